The standard InChI is InChI=1S/C25H15Cl2F2N3O2S/c26-20-10-1-14(11-21(20)27)12-22-24(34)32(18-8-4-16(29)5-9-18)25(35-22)19(13-30)23(33)31-17-6-2-15(28)3-7-17/h1-11,22H,12H2,(H,31,33)/b25-19-/t22-/m0/s1. The minimum Gasteiger partial charge on any atom is -0.321 e. The van der Waals surface area contributed by atoms with Crippen LogP contribution >= 0.6 is 35.0 Å². The lowest BCUT2D eigenvalue weighted by molar-refractivity contribution is -0.117. The Kier molecular flexibility index (Phi) is 7.41. The second-order valence-electron chi connectivity index (χ2n) is 7.46. The number of nitrogens with one attached hydrogen (secondary N) is 1. The fourth-order valence-corrected chi connectivity index (χ4v) is 5.05. The van der Waals surface area contributed by atoms with Crippen LogP contribution in [0.1, 0.15) is 5.56 Å². The second-order valence-corrected chi connectivity index (χ2v) is 9.47. The summed E-state index contributed by atoms with van der Waals surface area (Å²) >= 11 is 13.1. The zero-order valence-corrected chi connectivity index (χ0v) is 20.1. The first kappa shape index (κ1) is 24.7. The summed E-state index contributed by atoms with van der Waals surface area (Å²) in [6, 6.07) is 17.1. The summed E-state index contributed by atoms with van der Waals surface area (Å²) in [7, 11) is 0. The molecular formula is C25H15Cl2F2N3O2S. The average Bonchev–Trinajstić information content (AvgIpc) is 3.14. The third-order valence-corrected chi connectivity index (χ3v) is 7.10. The maximum absolute atomic E-state index is 13.5. The Morgan fingerprint density at radius 1 is 1.00 bits per heavy atom. The molecular weight excluding hydrogens is 515 g/mol. The van der Waals surface area contributed by atoms with E-state index in [1.807, 2.05) is 6.07 Å². The molecule has 1 aliphatic heterocycles. The van der Waals surface area contributed by atoms with E-state index in [0.29, 0.717) is 15.7 Å². The van der Waals surface area contributed by atoms with Crippen LogP contribution in [0.25, 0.3) is 0 Å². The Morgan fingerprint density at radius 3 is 2.23 bits per heavy atom. The molecule has 2 amide bonds. The van der Waals surface area contributed by atoms with Crippen molar-refractivity contribution in [2.24, 2.45) is 0 Å². The Hall–Kier alpha value is -3.38. The summed E-state index contributed by atoms with van der Waals surface area (Å²) in [5.74, 6) is -2.13. The highest BCUT2D eigenvalue weighted by molar-refractivity contribution is 8.05. The molecule has 0 saturated carbocycles. The first-order chi connectivity index (χ1) is 16.8. The Bertz CT molecular complexity index is 1370. The number of nitriles is 1. The van der Waals surface area contributed by atoms with Gasteiger partial charge in [-0.2, -0.15) is 5.26 Å². The van der Waals surface area contributed by atoms with Gasteiger partial charge >= 0.3 is 0 Å². The number of nitrogens with zero attached hydrogens (tertiary/aromatic N) is 2. The molecule has 3 aromatic rings. The van der Waals surface area contributed by atoms with Crippen LogP contribution in [0.3, 0.4) is 0 Å². The Labute approximate surface area is 213 Å². The van der Waals surface area contributed by atoms with Crippen molar-refractivity contribution >= 4 is 58.2 Å². The molecule has 0 radical (unpaired) electrons. The van der Waals surface area contributed by atoms with Crippen molar-refractivity contribution in [3.8, 4) is 6.07 Å². The van der Waals surface area contributed by atoms with Gasteiger partial charge in [-0.25, -0.2) is 8.78 Å². The van der Waals surface area contributed by atoms with E-state index in [1.54, 1.807) is 18.2 Å². The van der Waals surface area contributed by atoms with Crippen LogP contribution in [0.5, 0.6) is 0 Å². The molecule has 176 valence electrons. The zero-order valence-electron chi connectivity index (χ0n) is 17.8. The number of hydrogen-bond donors (Lipinski definition) is 1. The highest BCUT2D eigenvalue weighted by atomic mass is 35.5. The Morgan fingerprint density at radius 2 is 1.63 bits per heavy atom. The number of thioether (sulfide) groups is 1. The topological polar surface area (TPSA) is 73.2 Å². The number of carbonyl (C=O) groups excluding carboxylic acids is 2. The van der Waals surface area contributed by atoms with Crippen LogP contribution in [-0.4, -0.2) is 17.1 Å². The van der Waals surface area contributed by atoms with E-state index in [0.717, 1.165) is 17.3 Å². The molecule has 1 saturated heterocycles. The highest BCUT2D eigenvalue weighted by Crippen LogP contribution is 2.42. The number of anilines is 2. The monoisotopic (exact) mass is 529 g/mol. The number of amides is 2. The van der Waals surface area contributed by atoms with Crippen molar-refractivity contribution in [2.75, 3.05) is 10.2 Å². The molecule has 35 heavy (non-hydrogen) atoms. The lowest BCUT2D eigenvalue weighted by Crippen LogP contribution is -2.31. The molecule has 4 rings (SSSR count). The van der Waals surface area contributed by atoms with Crippen molar-refractivity contribution in [1.29, 1.82) is 5.26 Å². The molecule has 10 heteroatoms. The smallest absolute Gasteiger partial charge is 0.269 e. The number of benzene rings is 3. The lowest BCUT2D eigenvalue weighted by atomic mass is 10.1. The second kappa shape index (κ2) is 10.5. The fraction of sp³-hybridized carbons (Fsp3) is 0.0800. The van der Waals surface area contributed by atoms with Gasteiger partial charge in [0.25, 0.3) is 5.91 Å². The molecule has 1 atom stereocenters. The lowest BCUT2D eigenvalue weighted by Gasteiger charge is -2.18. The predicted molar refractivity (Wildman–Crippen MR) is 133 cm³/mol. The molecule has 1 fully saturated rings. The first-order valence-corrected chi connectivity index (χ1v) is 11.8. The van der Waals surface area contributed by atoms with E-state index in [4.69, 9.17) is 23.2 Å². The van der Waals surface area contributed by atoms with Gasteiger partial charge in [0.05, 0.1) is 15.3 Å². The fourth-order valence-electron chi connectivity index (χ4n) is 3.42. The van der Waals surface area contributed by atoms with E-state index >= 15 is 0 Å². The molecule has 0 unspecified atom stereocenters. The molecule has 5 nitrogen and oxygen atoms in total. The van der Waals surface area contributed by atoms with Crippen LogP contribution in [0, 0.1) is 23.0 Å². The Balaban J connectivity index is 1.72. The molecule has 0 spiro atoms. The van der Waals surface area contributed by atoms with Crippen LogP contribution in [0.4, 0.5) is 20.2 Å². The third kappa shape index (κ3) is 5.49. The minimum atomic E-state index is -0.767. The quantitative estimate of drug-likeness (QED) is 0.309. The van der Waals surface area contributed by atoms with Gasteiger partial charge in [-0.05, 0) is 72.6 Å². The van der Waals surface area contributed by atoms with Gasteiger partial charge < -0.3 is 5.32 Å². The van der Waals surface area contributed by atoms with Gasteiger partial charge in [0.15, 0.2) is 0 Å². The van der Waals surface area contributed by atoms with E-state index in [2.05, 4.69) is 5.32 Å². The van der Waals surface area contributed by atoms with Gasteiger partial charge in [0, 0.05) is 11.4 Å². The van der Waals surface area contributed by atoms with Crippen molar-refractivity contribution in [1.82, 2.24) is 0 Å². The molecule has 0 aromatic heterocycles. The normalized spacial score (nSPS) is 16.7. The summed E-state index contributed by atoms with van der Waals surface area (Å²) in [4.78, 5) is 27.6. The van der Waals surface area contributed by atoms with Crippen molar-refractivity contribution in [2.45, 2.75) is 11.7 Å². The first-order valence-electron chi connectivity index (χ1n) is 10.2. The largest absolute Gasteiger partial charge is 0.321 e. The number of halogens is 4. The third-order valence-electron chi connectivity index (χ3n) is 5.10. The van der Waals surface area contributed by atoms with E-state index < -0.39 is 22.8 Å². The van der Waals surface area contributed by atoms with E-state index in [1.165, 1.54) is 53.4 Å². The molecule has 0 aliphatic carbocycles. The van der Waals surface area contributed by atoms with Crippen LogP contribution in [0.2, 0.25) is 10.0 Å². The average molecular weight is 530 g/mol. The van der Waals surface area contributed by atoms with Gasteiger partial charge in [0.1, 0.15) is 28.3 Å². The van der Waals surface area contributed by atoms with Gasteiger partial charge in [-0.15, -0.1) is 0 Å². The predicted octanol–water partition coefficient (Wildman–Crippen LogP) is 6.34. The van der Waals surface area contributed by atoms with Crippen molar-refractivity contribution in [3.63, 3.8) is 0 Å². The molecule has 3 aromatic carbocycles. The minimum absolute atomic E-state index is 0.105. The van der Waals surface area contributed by atoms with Crippen molar-refractivity contribution < 1.29 is 18.4 Å². The molecule has 1 N–H and O–H groups in total. The number of rotatable bonds is 5. The summed E-state index contributed by atoms with van der Waals surface area (Å²) < 4.78 is 26.7. The van der Waals surface area contributed by atoms with Crippen LogP contribution in [-0.2, 0) is 16.0 Å². The van der Waals surface area contributed by atoms with Gasteiger partial charge in [0.2, 0.25) is 5.91 Å². The SMILES string of the molecule is N#C/C(C(=O)Nc1ccc(F)cc1)=C1/S[C@@H](Cc2ccc(Cl)c(Cl)c2)C(=O)N1c1ccc(F)cc1. The van der Waals surface area contributed by atoms with Gasteiger partial charge in [-0.1, -0.05) is 41.0 Å². The molecule has 1 heterocycles. The summed E-state index contributed by atoms with van der Waals surface area (Å²) in [6.07, 6.45) is 0.250. The van der Waals surface area contributed by atoms with E-state index in [-0.39, 0.29) is 28.6 Å². The number of carbonyl (C=O) groups is 2. The van der Waals surface area contributed by atoms with Crippen LogP contribution < -0.4 is 10.2 Å². The number of hydrogen-bond acceptors (Lipinski definition) is 4. The molecule has 1 aliphatic rings. The van der Waals surface area contributed by atoms with Crippen molar-refractivity contribution in [3.05, 3.63) is 105 Å². The zero-order chi connectivity index (χ0) is 25.1. The van der Waals surface area contributed by atoms with Crippen LogP contribution in [0.15, 0.2) is 77.3 Å². The van der Waals surface area contributed by atoms with Gasteiger partial charge in [-0.3, -0.25) is 14.5 Å². The summed E-state index contributed by atoms with van der Waals surface area (Å²) in [6.45, 7) is 0. The van der Waals surface area contributed by atoms with E-state index in [9.17, 15) is 23.6 Å². The maximum Gasteiger partial charge on any atom is 0.269 e. The maximum atomic E-state index is 13.5. The summed E-state index contributed by atoms with van der Waals surface area (Å²) in [5.41, 5.74) is 1.01. The molecule has 0 bridgehead atoms. The summed E-state index contributed by atoms with van der Waals surface area (Å²) in [5, 5.41) is 12.5. The highest BCUT2D eigenvalue weighted by Gasteiger charge is 2.41.